The van der Waals surface area contributed by atoms with Gasteiger partial charge in [0, 0.05) is 18.3 Å². The van der Waals surface area contributed by atoms with Crippen LogP contribution < -0.4 is 5.32 Å². The van der Waals surface area contributed by atoms with E-state index in [1.54, 1.807) is 30.3 Å². The minimum absolute atomic E-state index is 0.143. The Morgan fingerprint density at radius 3 is 2.67 bits per heavy atom. The largest absolute Gasteiger partial charge is 0.465 e. The van der Waals surface area contributed by atoms with Crippen LogP contribution in [0.4, 0.5) is 5.13 Å². The number of carbonyl (C=O) groups is 3. The summed E-state index contributed by atoms with van der Waals surface area (Å²) in [6, 6.07) is 6.76. The van der Waals surface area contributed by atoms with Gasteiger partial charge in [0.1, 0.15) is 4.32 Å². The van der Waals surface area contributed by atoms with Gasteiger partial charge in [-0.05, 0) is 37.1 Å². The zero-order valence-electron chi connectivity index (χ0n) is 16.3. The van der Waals surface area contributed by atoms with Gasteiger partial charge in [0.25, 0.3) is 5.91 Å². The summed E-state index contributed by atoms with van der Waals surface area (Å²) in [4.78, 5) is 42.4. The molecule has 2 heterocycles. The van der Waals surface area contributed by atoms with Crippen molar-refractivity contribution in [3.63, 3.8) is 0 Å². The van der Waals surface area contributed by atoms with Gasteiger partial charge < -0.3 is 10.1 Å². The molecule has 0 bridgehead atoms. The van der Waals surface area contributed by atoms with Crippen molar-refractivity contribution in [1.82, 2.24) is 9.88 Å². The van der Waals surface area contributed by atoms with E-state index in [1.807, 2.05) is 12.3 Å². The van der Waals surface area contributed by atoms with Crippen LogP contribution in [0.2, 0.25) is 0 Å². The molecular formula is C20H19N3O4S3. The lowest BCUT2D eigenvalue weighted by Crippen LogP contribution is -2.29. The van der Waals surface area contributed by atoms with Crippen LogP contribution in [0.15, 0.2) is 34.6 Å². The molecule has 1 aromatic heterocycles. The molecule has 0 aliphatic carbocycles. The Morgan fingerprint density at radius 2 is 2.03 bits per heavy atom. The third-order valence-electron chi connectivity index (χ3n) is 4.15. The number of thioether (sulfide) groups is 1. The second-order valence-corrected chi connectivity index (χ2v) is 8.93. The molecule has 1 aliphatic heterocycles. The van der Waals surface area contributed by atoms with Crippen LogP contribution in [0, 0.1) is 6.92 Å². The van der Waals surface area contributed by atoms with Crippen LogP contribution in [-0.2, 0) is 14.3 Å². The summed E-state index contributed by atoms with van der Waals surface area (Å²) in [5.74, 6) is -0.740. The van der Waals surface area contributed by atoms with E-state index in [1.165, 1.54) is 35.1 Å². The van der Waals surface area contributed by atoms with Crippen molar-refractivity contribution in [2.24, 2.45) is 0 Å². The van der Waals surface area contributed by atoms with Crippen LogP contribution in [0.25, 0.3) is 6.08 Å². The van der Waals surface area contributed by atoms with E-state index in [0.717, 1.165) is 11.3 Å². The van der Waals surface area contributed by atoms with Crippen LogP contribution in [0.5, 0.6) is 0 Å². The van der Waals surface area contributed by atoms with Crippen LogP contribution >= 0.6 is 35.3 Å². The molecule has 1 aromatic carbocycles. The zero-order valence-corrected chi connectivity index (χ0v) is 18.8. The quantitative estimate of drug-likeness (QED) is 0.380. The third kappa shape index (κ3) is 5.53. The lowest BCUT2D eigenvalue weighted by atomic mass is 10.1. The number of anilines is 1. The molecule has 1 N–H and O–H groups in total. The summed E-state index contributed by atoms with van der Waals surface area (Å²) < 4.78 is 5.14. The molecule has 10 heteroatoms. The number of amides is 2. The lowest BCUT2D eigenvalue weighted by molar-refractivity contribution is -0.122. The van der Waals surface area contributed by atoms with Gasteiger partial charge in [0.05, 0.1) is 23.3 Å². The number of nitrogens with zero attached hydrogens (tertiary/aromatic N) is 2. The highest BCUT2D eigenvalue weighted by molar-refractivity contribution is 8.26. The van der Waals surface area contributed by atoms with E-state index in [-0.39, 0.29) is 18.2 Å². The number of carbonyl (C=O) groups excluding carboxylic acids is 3. The molecular weight excluding hydrogens is 442 g/mol. The molecule has 7 nitrogen and oxygen atoms in total. The number of hydrogen-bond acceptors (Lipinski definition) is 8. The second kappa shape index (κ2) is 9.96. The molecule has 0 radical (unpaired) electrons. The molecule has 0 spiro atoms. The molecule has 0 unspecified atom stereocenters. The summed E-state index contributed by atoms with van der Waals surface area (Å²) in [5.41, 5.74) is 2.08. The van der Waals surface area contributed by atoms with Crippen LogP contribution in [0.3, 0.4) is 0 Å². The average Bonchev–Trinajstić information content (AvgIpc) is 3.25. The van der Waals surface area contributed by atoms with Crippen molar-refractivity contribution in [3.8, 4) is 0 Å². The van der Waals surface area contributed by atoms with E-state index in [4.69, 9.17) is 12.2 Å². The minimum Gasteiger partial charge on any atom is -0.465 e. The van der Waals surface area contributed by atoms with E-state index in [2.05, 4.69) is 15.0 Å². The highest BCUT2D eigenvalue weighted by atomic mass is 32.2. The first-order valence-electron chi connectivity index (χ1n) is 9.03. The summed E-state index contributed by atoms with van der Waals surface area (Å²) in [6.45, 7) is 2.23. The standard InChI is InChI=1S/C20H19N3O4S3/c1-12-11-29-19(21-12)22-16(24)4-3-9-23-17(25)15(30-20(23)28)10-13-5-7-14(8-6-13)18(26)27-2/h5-8,10-11H,3-4,9H2,1-2H3,(H,21,22,24). The molecule has 1 aliphatic rings. The number of aromatic nitrogens is 1. The number of methoxy groups -OCH3 is 1. The number of rotatable bonds is 7. The van der Waals surface area contributed by atoms with Gasteiger partial charge in [-0.25, -0.2) is 9.78 Å². The number of thiazole rings is 1. The molecule has 0 saturated carbocycles. The summed E-state index contributed by atoms with van der Waals surface area (Å²) >= 11 is 7.93. The molecule has 2 amide bonds. The molecule has 30 heavy (non-hydrogen) atoms. The lowest BCUT2D eigenvalue weighted by Gasteiger charge is -2.13. The van der Waals surface area contributed by atoms with Gasteiger partial charge in [-0.3, -0.25) is 14.5 Å². The second-order valence-electron chi connectivity index (χ2n) is 6.39. The first kappa shape index (κ1) is 22.1. The topological polar surface area (TPSA) is 88.6 Å². The molecule has 156 valence electrons. The number of esters is 1. The molecule has 2 aromatic rings. The summed E-state index contributed by atoms with van der Waals surface area (Å²) in [7, 11) is 1.32. The van der Waals surface area contributed by atoms with Gasteiger partial charge in [-0.1, -0.05) is 36.1 Å². The van der Waals surface area contributed by atoms with E-state index in [0.29, 0.717) is 32.9 Å². The maximum Gasteiger partial charge on any atom is 0.337 e. The Kier molecular flexibility index (Phi) is 7.35. The maximum atomic E-state index is 12.7. The third-order valence-corrected chi connectivity index (χ3v) is 6.41. The number of ether oxygens (including phenoxy) is 1. The zero-order chi connectivity index (χ0) is 21.7. The van der Waals surface area contributed by atoms with E-state index in [9.17, 15) is 14.4 Å². The first-order valence-corrected chi connectivity index (χ1v) is 11.1. The minimum atomic E-state index is -0.415. The Bertz CT molecular complexity index is 1010. The molecule has 1 saturated heterocycles. The fourth-order valence-electron chi connectivity index (χ4n) is 2.67. The average molecular weight is 462 g/mol. The molecule has 0 atom stereocenters. The maximum absolute atomic E-state index is 12.7. The van der Waals surface area contributed by atoms with Gasteiger partial charge in [0.15, 0.2) is 5.13 Å². The highest BCUT2D eigenvalue weighted by Crippen LogP contribution is 2.32. The van der Waals surface area contributed by atoms with Gasteiger partial charge >= 0.3 is 5.97 Å². The summed E-state index contributed by atoms with van der Waals surface area (Å²) in [5, 5.41) is 5.19. The monoisotopic (exact) mass is 461 g/mol. The SMILES string of the molecule is COC(=O)c1ccc(C=C2SC(=S)N(CCCC(=O)Nc3nc(C)cs3)C2=O)cc1. The fourth-order valence-corrected chi connectivity index (χ4v) is 4.68. The Morgan fingerprint density at radius 1 is 1.30 bits per heavy atom. The number of thiocarbonyl (C=S) groups is 1. The number of hydrogen-bond donors (Lipinski definition) is 1. The van der Waals surface area contributed by atoms with Crippen molar-refractivity contribution in [1.29, 1.82) is 0 Å². The van der Waals surface area contributed by atoms with Gasteiger partial charge in [-0.15, -0.1) is 11.3 Å². The first-order chi connectivity index (χ1) is 14.4. The van der Waals surface area contributed by atoms with Crippen molar-refractivity contribution >= 4 is 68.6 Å². The van der Waals surface area contributed by atoms with Crippen LogP contribution in [0.1, 0.15) is 34.5 Å². The van der Waals surface area contributed by atoms with Crippen molar-refractivity contribution in [3.05, 3.63) is 51.4 Å². The number of nitrogens with one attached hydrogen (secondary N) is 1. The van der Waals surface area contributed by atoms with E-state index < -0.39 is 5.97 Å². The predicted molar refractivity (Wildman–Crippen MR) is 122 cm³/mol. The predicted octanol–water partition coefficient (Wildman–Crippen LogP) is 3.86. The number of aryl methyl sites for hydroxylation is 1. The van der Waals surface area contributed by atoms with Crippen molar-refractivity contribution < 1.29 is 19.1 Å². The molecule has 3 rings (SSSR count). The Hall–Kier alpha value is -2.56. The van der Waals surface area contributed by atoms with Gasteiger partial charge in [0.2, 0.25) is 5.91 Å². The van der Waals surface area contributed by atoms with Crippen molar-refractivity contribution in [2.75, 3.05) is 19.0 Å². The summed E-state index contributed by atoms with van der Waals surface area (Å²) in [6.07, 6.45) is 2.49. The van der Waals surface area contributed by atoms with Crippen molar-refractivity contribution in [2.45, 2.75) is 19.8 Å². The molecule has 1 fully saturated rings. The highest BCUT2D eigenvalue weighted by Gasteiger charge is 2.31. The smallest absolute Gasteiger partial charge is 0.337 e. The van der Waals surface area contributed by atoms with E-state index >= 15 is 0 Å². The number of benzene rings is 1. The van der Waals surface area contributed by atoms with Crippen LogP contribution in [-0.4, -0.2) is 45.6 Å². The normalized spacial score (nSPS) is 15.0. The fraction of sp³-hybridized carbons (Fsp3) is 0.250. The Labute approximate surface area is 187 Å². The Balaban J connectivity index is 1.54. The van der Waals surface area contributed by atoms with Gasteiger partial charge in [-0.2, -0.15) is 0 Å².